The Hall–Kier alpha value is -2.54. The number of esters is 1. The number of likely N-dealkylation sites (tertiary alicyclic amines) is 1. The van der Waals surface area contributed by atoms with Gasteiger partial charge in [0.15, 0.2) is 0 Å². The molecule has 2 aromatic rings. The van der Waals surface area contributed by atoms with Crippen LogP contribution >= 0.6 is 15.9 Å². The molecule has 0 saturated carbocycles. The van der Waals surface area contributed by atoms with E-state index in [0.29, 0.717) is 25.4 Å². The van der Waals surface area contributed by atoms with Gasteiger partial charge in [-0.15, -0.1) is 0 Å². The maximum atomic E-state index is 12.2. The standard InChI is InChI=1S/C25H28BrNO5/c1-3-31-23(28)14-18-16(2)5-4-6-21(18)32-22-15-25(9-11-27(12-10-25)24(29)30)20-8-7-17(26)13-19(20)22/h4-8,13,22H,3,9-12,14-15H2,1-2H3,(H,29,30). The third-order valence-corrected chi connectivity index (χ3v) is 7.26. The van der Waals surface area contributed by atoms with Crippen molar-refractivity contribution in [2.75, 3.05) is 19.7 Å². The highest BCUT2D eigenvalue weighted by Gasteiger charge is 2.47. The fraction of sp³-hybridized carbons (Fsp3) is 0.440. The third kappa shape index (κ3) is 4.35. The molecule has 6 nitrogen and oxygen atoms in total. The van der Waals surface area contributed by atoms with Crippen molar-refractivity contribution in [3.05, 3.63) is 63.1 Å². The van der Waals surface area contributed by atoms with Crippen molar-refractivity contribution in [3.63, 3.8) is 0 Å². The average molecular weight is 502 g/mol. The fourth-order valence-electron chi connectivity index (χ4n) is 5.08. The minimum atomic E-state index is -0.856. The largest absolute Gasteiger partial charge is 0.485 e. The number of halogens is 1. The van der Waals surface area contributed by atoms with Crippen LogP contribution in [0, 0.1) is 6.92 Å². The second-order valence-corrected chi connectivity index (χ2v) is 9.54. The van der Waals surface area contributed by atoms with Gasteiger partial charge in [-0.1, -0.05) is 34.1 Å². The molecule has 1 N–H and O–H groups in total. The number of carboxylic acid groups (broad SMARTS) is 1. The molecule has 7 heteroatoms. The molecule has 1 amide bonds. The Kier molecular flexibility index (Phi) is 6.47. The third-order valence-electron chi connectivity index (χ3n) is 6.76. The highest BCUT2D eigenvalue weighted by molar-refractivity contribution is 9.10. The molecule has 32 heavy (non-hydrogen) atoms. The maximum Gasteiger partial charge on any atom is 0.407 e. The van der Waals surface area contributed by atoms with Crippen LogP contribution in [0.3, 0.4) is 0 Å². The molecule has 2 aliphatic rings. The lowest BCUT2D eigenvalue weighted by atomic mass is 9.74. The van der Waals surface area contributed by atoms with Crippen LogP contribution in [0.5, 0.6) is 5.75 Å². The number of amides is 1. The topological polar surface area (TPSA) is 76.1 Å². The van der Waals surface area contributed by atoms with Gasteiger partial charge in [-0.3, -0.25) is 4.79 Å². The van der Waals surface area contributed by atoms with Crippen LogP contribution in [0.25, 0.3) is 0 Å². The first-order valence-electron chi connectivity index (χ1n) is 11.0. The van der Waals surface area contributed by atoms with Crippen LogP contribution < -0.4 is 4.74 Å². The van der Waals surface area contributed by atoms with Crippen molar-refractivity contribution in [2.45, 2.75) is 51.0 Å². The van der Waals surface area contributed by atoms with Gasteiger partial charge in [-0.25, -0.2) is 4.79 Å². The zero-order chi connectivity index (χ0) is 22.9. The first-order valence-corrected chi connectivity index (χ1v) is 11.8. The van der Waals surface area contributed by atoms with Crippen molar-refractivity contribution in [1.82, 2.24) is 4.90 Å². The highest BCUT2D eigenvalue weighted by atomic mass is 79.9. The molecule has 4 rings (SSSR count). The van der Waals surface area contributed by atoms with E-state index in [0.717, 1.165) is 40.4 Å². The van der Waals surface area contributed by atoms with E-state index in [1.54, 1.807) is 6.92 Å². The van der Waals surface area contributed by atoms with Gasteiger partial charge in [0.25, 0.3) is 0 Å². The Morgan fingerprint density at radius 2 is 1.97 bits per heavy atom. The second-order valence-electron chi connectivity index (χ2n) is 8.63. The minimum Gasteiger partial charge on any atom is -0.485 e. The van der Waals surface area contributed by atoms with E-state index in [4.69, 9.17) is 9.47 Å². The number of hydrogen-bond acceptors (Lipinski definition) is 4. The van der Waals surface area contributed by atoms with Crippen molar-refractivity contribution in [2.24, 2.45) is 0 Å². The normalized spacial score (nSPS) is 19.0. The molecule has 1 aliphatic heterocycles. The summed E-state index contributed by atoms with van der Waals surface area (Å²) in [6.45, 7) is 5.17. The van der Waals surface area contributed by atoms with Crippen molar-refractivity contribution in [3.8, 4) is 5.75 Å². The lowest BCUT2D eigenvalue weighted by Gasteiger charge is -2.39. The van der Waals surface area contributed by atoms with E-state index in [2.05, 4.69) is 28.1 Å². The fourth-order valence-corrected chi connectivity index (χ4v) is 5.46. The molecule has 170 valence electrons. The molecule has 1 aliphatic carbocycles. The number of rotatable bonds is 5. The number of benzene rings is 2. The summed E-state index contributed by atoms with van der Waals surface area (Å²) < 4.78 is 12.7. The zero-order valence-electron chi connectivity index (χ0n) is 18.4. The van der Waals surface area contributed by atoms with Gasteiger partial charge < -0.3 is 19.5 Å². The number of ether oxygens (including phenoxy) is 2. The monoisotopic (exact) mass is 501 g/mol. The number of piperidine rings is 1. The molecule has 0 radical (unpaired) electrons. The number of carbonyl (C=O) groups excluding carboxylic acids is 1. The first-order chi connectivity index (χ1) is 15.3. The highest BCUT2D eigenvalue weighted by Crippen LogP contribution is 2.53. The Morgan fingerprint density at radius 1 is 1.22 bits per heavy atom. The lowest BCUT2D eigenvalue weighted by Crippen LogP contribution is -2.43. The minimum absolute atomic E-state index is 0.0994. The van der Waals surface area contributed by atoms with E-state index in [-0.39, 0.29) is 23.9 Å². The maximum absolute atomic E-state index is 12.2. The van der Waals surface area contributed by atoms with Gasteiger partial charge in [0.1, 0.15) is 11.9 Å². The molecular weight excluding hydrogens is 474 g/mol. The lowest BCUT2D eigenvalue weighted by molar-refractivity contribution is -0.142. The summed E-state index contributed by atoms with van der Waals surface area (Å²) in [4.78, 5) is 25.1. The van der Waals surface area contributed by atoms with Gasteiger partial charge >= 0.3 is 12.1 Å². The van der Waals surface area contributed by atoms with Gasteiger partial charge in [0, 0.05) is 28.5 Å². The summed E-state index contributed by atoms with van der Waals surface area (Å²) in [5, 5.41) is 9.37. The Labute approximate surface area is 196 Å². The summed E-state index contributed by atoms with van der Waals surface area (Å²) in [6.07, 6.45) is 1.49. The Morgan fingerprint density at radius 3 is 2.66 bits per heavy atom. The van der Waals surface area contributed by atoms with E-state index in [1.165, 1.54) is 10.5 Å². The molecule has 1 heterocycles. The quantitative estimate of drug-likeness (QED) is 0.555. The van der Waals surface area contributed by atoms with Crippen LogP contribution in [0.15, 0.2) is 40.9 Å². The molecule has 1 fully saturated rings. The van der Waals surface area contributed by atoms with E-state index < -0.39 is 6.09 Å². The van der Waals surface area contributed by atoms with E-state index in [1.807, 2.05) is 31.2 Å². The first kappa shape index (κ1) is 22.6. The van der Waals surface area contributed by atoms with E-state index in [9.17, 15) is 14.7 Å². The van der Waals surface area contributed by atoms with E-state index >= 15 is 0 Å². The molecule has 1 atom stereocenters. The van der Waals surface area contributed by atoms with Gasteiger partial charge in [0.05, 0.1) is 13.0 Å². The Bertz CT molecular complexity index is 1030. The zero-order valence-corrected chi connectivity index (χ0v) is 20.0. The molecule has 1 unspecified atom stereocenters. The number of fused-ring (bicyclic) bond motifs is 2. The van der Waals surface area contributed by atoms with Crippen LogP contribution in [-0.4, -0.2) is 41.8 Å². The van der Waals surface area contributed by atoms with Gasteiger partial charge in [0.2, 0.25) is 0 Å². The summed E-state index contributed by atoms with van der Waals surface area (Å²) in [5.74, 6) is 0.438. The van der Waals surface area contributed by atoms with Gasteiger partial charge in [-0.2, -0.15) is 0 Å². The SMILES string of the molecule is CCOC(=O)Cc1c(C)cccc1OC1CC2(CCN(C(=O)O)CC2)c2ccc(Br)cc21. The number of aryl methyl sites for hydroxylation is 1. The summed E-state index contributed by atoms with van der Waals surface area (Å²) in [7, 11) is 0. The molecular formula is C25H28BrNO5. The molecule has 0 bridgehead atoms. The summed E-state index contributed by atoms with van der Waals surface area (Å²) in [5.41, 5.74) is 4.12. The van der Waals surface area contributed by atoms with Crippen LogP contribution in [-0.2, 0) is 21.4 Å². The number of hydrogen-bond donors (Lipinski definition) is 1. The molecule has 2 aromatic carbocycles. The van der Waals surface area contributed by atoms with Crippen LogP contribution in [0.1, 0.15) is 54.5 Å². The summed E-state index contributed by atoms with van der Waals surface area (Å²) >= 11 is 3.59. The van der Waals surface area contributed by atoms with Crippen LogP contribution in [0.4, 0.5) is 4.79 Å². The van der Waals surface area contributed by atoms with Crippen molar-refractivity contribution < 1.29 is 24.2 Å². The average Bonchev–Trinajstić information content (AvgIpc) is 3.03. The molecule has 1 saturated heterocycles. The molecule has 1 spiro atoms. The van der Waals surface area contributed by atoms with Crippen molar-refractivity contribution >= 4 is 28.0 Å². The predicted molar refractivity (Wildman–Crippen MR) is 124 cm³/mol. The smallest absolute Gasteiger partial charge is 0.407 e. The Balaban J connectivity index is 1.64. The van der Waals surface area contributed by atoms with Gasteiger partial charge in [-0.05, 0) is 68.0 Å². The number of carbonyl (C=O) groups is 2. The summed E-state index contributed by atoms with van der Waals surface area (Å²) in [6, 6.07) is 12.1. The molecule has 0 aromatic heterocycles. The van der Waals surface area contributed by atoms with Crippen LogP contribution in [0.2, 0.25) is 0 Å². The second kappa shape index (κ2) is 9.14. The van der Waals surface area contributed by atoms with Crippen molar-refractivity contribution in [1.29, 1.82) is 0 Å². The predicted octanol–water partition coefficient (Wildman–Crippen LogP) is 5.40. The number of nitrogens with zero attached hydrogens (tertiary/aromatic N) is 1.